The molecule has 0 amide bonds. The molecule has 0 aliphatic rings. The van der Waals surface area contributed by atoms with E-state index in [0.717, 1.165) is 19.8 Å². The van der Waals surface area contributed by atoms with Crippen LogP contribution in [0.25, 0.3) is 0 Å². The number of aliphatic hydroxyl groups is 1. The van der Waals surface area contributed by atoms with E-state index in [-0.39, 0.29) is 0 Å². The molecule has 2 nitrogen and oxygen atoms in total. The number of hydrogen-bond donors (Lipinski definition) is 1. The number of thiophene rings is 1. The summed E-state index contributed by atoms with van der Waals surface area (Å²) in [7, 11) is 0. The zero-order valence-corrected chi connectivity index (χ0v) is 11.8. The maximum atomic E-state index is 10.1. The second-order valence-electron chi connectivity index (χ2n) is 3.12. The van der Waals surface area contributed by atoms with Crippen LogP contribution in [0.4, 0.5) is 0 Å². The predicted molar refractivity (Wildman–Crippen MR) is 67.2 cm³/mol. The summed E-state index contributed by atoms with van der Waals surface area (Å²) in [5.41, 5.74) is 0.748. The van der Waals surface area contributed by atoms with Gasteiger partial charge in [-0.2, -0.15) is 0 Å². The lowest BCUT2D eigenvalue weighted by Crippen LogP contribution is -1.96. The van der Waals surface area contributed by atoms with Crippen LogP contribution in [0.2, 0.25) is 0 Å². The van der Waals surface area contributed by atoms with Crippen LogP contribution in [-0.2, 0) is 0 Å². The van der Waals surface area contributed by atoms with Gasteiger partial charge in [-0.1, -0.05) is 0 Å². The van der Waals surface area contributed by atoms with Gasteiger partial charge in [0.1, 0.15) is 6.10 Å². The monoisotopic (exact) mass is 350 g/mol. The molecule has 2 rings (SSSR count). The number of hydrogen-bond acceptors (Lipinski definition) is 3. The molecular formula is C10H8Br2O2S. The maximum absolute atomic E-state index is 10.1. The smallest absolute Gasteiger partial charge is 0.175 e. The van der Waals surface area contributed by atoms with Gasteiger partial charge in [0, 0.05) is 14.9 Å². The predicted octanol–water partition coefficient (Wildman–Crippen LogP) is 4.26. The highest BCUT2D eigenvalue weighted by Gasteiger charge is 2.20. The summed E-state index contributed by atoms with van der Waals surface area (Å²) in [6.07, 6.45) is 0.906. The molecule has 1 N–H and O–H groups in total. The average Bonchev–Trinajstić information content (AvgIpc) is 2.71. The Morgan fingerprint density at radius 3 is 2.67 bits per heavy atom. The Morgan fingerprint density at radius 2 is 2.20 bits per heavy atom. The molecule has 0 bridgehead atoms. The number of rotatable bonds is 2. The van der Waals surface area contributed by atoms with Crippen molar-refractivity contribution in [3.05, 3.63) is 42.9 Å². The van der Waals surface area contributed by atoms with Crippen molar-refractivity contribution in [1.29, 1.82) is 0 Å². The van der Waals surface area contributed by atoms with Gasteiger partial charge >= 0.3 is 0 Å². The van der Waals surface area contributed by atoms with Crippen LogP contribution in [0.15, 0.2) is 32.0 Å². The minimum Gasteiger partial charge on any atom is -0.457 e. The molecular weight excluding hydrogens is 344 g/mol. The van der Waals surface area contributed by atoms with Crippen molar-refractivity contribution in [3.63, 3.8) is 0 Å². The molecule has 80 valence electrons. The highest BCUT2D eigenvalue weighted by molar-refractivity contribution is 9.10. The normalized spacial score (nSPS) is 13.1. The number of aliphatic hydroxyl groups excluding tert-OH is 1. The molecule has 0 aliphatic carbocycles. The Balaban J connectivity index is 2.40. The fraction of sp³-hybridized carbons (Fsp3) is 0.200. The molecule has 0 aromatic carbocycles. The zero-order chi connectivity index (χ0) is 11.0. The van der Waals surface area contributed by atoms with Crippen LogP contribution in [0.3, 0.4) is 0 Å². The first-order valence-corrected chi connectivity index (χ1v) is 6.66. The Bertz CT molecular complexity index is 475. The van der Waals surface area contributed by atoms with Crippen molar-refractivity contribution in [1.82, 2.24) is 0 Å². The Morgan fingerprint density at radius 1 is 1.47 bits per heavy atom. The molecule has 5 heteroatoms. The molecule has 0 aliphatic heterocycles. The highest BCUT2D eigenvalue weighted by Crippen LogP contribution is 2.37. The molecule has 0 radical (unpaired) electrons. The molecule has 15 heavy (non-hydrogen) atoms. The topological polar surface area (TPSA) is 33.4 Å². The van der Waals surface area contributed by atoms with Gasteiger partial charge in [-0.05, 0) is 50.9 Å². The maximum Gasteiger partial charge on any atom is 0.175 e. The van der Waals surface area contributed by atoms with Gasteiger partial charge in [-0.15, -0.1) is 11.3 Å². The molecule has 1 atom stereocenters. The van der Waals surface area contributed by atoms with Gasteiger partial charge in [0.25, 0.3) is 0 Å². The fourth-order valence-corrected chi connectivity index (χ4v) is 3.66. The molecule has 2 heterocycles. The second-order valence-corrected chi connectivity index (χ2v) is 5.98. The van der Waals surface area contributed by atoms with E-state index in [0.29, 0.717) is 4.67 Å². The lowest BCUT2D eigenvalue weighted by atomic mass is 10.2. The summed E-state index contributed by atoms with van der Waals surface area (Å²) in [4.78, 5) is 2.06. The summed E-state index contributed by atoms with van der Waals surface area (Å²) in [5, 5.41) is 10.1. The van der Waals surface area contributed by atoms with E-state index in [1.807, 2.05) is 13.0 Å². The standard InChI is InChI=1S/C10H8Br2O2S/c1-5-4-7(11)9(15-5)8(13)6-2-3-14-10(6)12/h2-4,8,13H,1H3. The van der Waals surface area contributed by atoms with Gasteiger partial charge in [0.15, 0.2) is 4.67 Å². The van der Waals surface area contributed by atoms with E-state index in [1.165, 1.54) is 0 Å². The Hall–Kier alpha value is -0.100. The number of halogens is 2. The summed E-state index contributed by atoms with van der Waals surface area (Å²) in [6, 6.07) is 3.76. The lowest BCUT2D eigenvalue weighted by Gasteiger charge is -2.07. The number of aryl methyl sites for hydroxylation is 1. The van der Waals surface area contributed by atoms with Gasteiger partial charge in [0.2, 0.25) is 0 Å². The first-order valence-electron chi connectivity index (χ1n) is 4.26. The highest BCUT2D eigenvalue weighted by atomic mass is 79.9. The summed E-state index contributed by atoms with van der Waals surface area (Å²) in [5.74, 6) is 0. The zero-order valence-electron chi connectivity index (χ0n) is 7.83. The molecule has 2 aromatic rings. The van der Waals surface area contributed by atoms with Crippen LogP contribution in [0.5, 0.6) is 0 Å². The van der Waals surface area contributed by atoms with Gasteiger partial charge in [0.05, 0.1) is 11.1 Å². The van der Waals surface area contributed by atoms with Crippen LogP contribution >= 0.6 is 43.2 Å². The van der Waals surface area contributed by atoms with Crippen LogP contribution in [0, 0.1) is 6.92 Å². The molecule has 0 spiro atoms. The third-order valence-corrected chi connectivity index (χ3v) is 4.69. The fourth-order valence-electron chi connectivity index (χ4n) is 1.33. The van der Waals surface area contributed by atoms with Crippen LogP contribution < -0.4 is 0 Å². The minimum atomic E-state index is -0.647. The molecule has 0 saturated heterocycles. The van der Waals surface area contributed by atoms with E-state index in [1.54, 1.807) is 23.7 Å². The molecule has 2 aromatic heterocycles. The summed E-state index contributed by atoms with van der Waals surface area (Å²) < 4.78 is 6.61. The third kappa shape index (κ3) is 2.20. The van der Waals surface area contributed by atoms with Crippen molar-refractivity contribution >= 4 is 43.2 Å². The number of furan rings is 1. The Kier molecular flexibility index (Phi) is 3.35. The van der Waals surface area contributed by atoms with E-state index in [4.69, 9.17) is 4.42 Å². The van der Waals surface area contributed by atoms with Crippen molar-refractivity contribution < 1.29 is 9.52 Å². The van der Waals surface area contributed by atoms with E-state index in [9.17, 15) is 5.11 Å². The molecule has 1 unspecified atom stereocenters. The van der Waals surface area contributed by atoms with Crippen LogP contribution in [0.1, 0.15) is 21.4 Å². The van der Waals surface area contributed by atoms with E-state index >= 15 is 0 Å². The summed E-state index contributed by atoms with van der Waals surface area (Å²) >= 11 is 8.26. The van der Waals surface area contributed by atoms with Gasteiger partial charge < -0.3 is 9.52 Å². The van der Waals surface area contributed by atoms with Crippen molar-refractivity contribution in [2.24, 2.45) is 0 Å². The minimum absolute atomic E-state index is 0.577. The second kappa shape index (κ2) is 4.41. The first kappa shape index (κ1) is 11.4. The summed E-state index contributed by atoms with van der Waals surface area (Å²) in [6.45, 7) is 2.01. The van der Waals surface area contributed by atoms with Crippen LogP contribution in [-0.4, -0.2) is 5.11 Å². The quantitative estimate of drug-likeness (QED) is 0.877. The van der Waals surface area contributed by atoms with Crippen molar-refractivity contribution in [3.8, 4) is 0 Å². The lowest BCUT2D eigenvalue weighted by molar-refractivity contribution is 0.221. The molecule has 0 saturated carbocycles. The third-order valence-electron chi connectivity index (χ3n) is 2.03. The largest absolute Gasteiger partial charge is 0.457 e. The first-order chi connectivity index (χ1) is 7.09. The average molecular weight is 352 g/mol. The molecule has 0 fully saturated rings. The van der Waals surface area contributed by atoms with E-state index in [2.05, 4.69) is 31.9 Å². The SMILES string of the molecule is Cc1cc(Br)c(C(O)c2ccoc2Br)s1. The van der Waals surface area contributed by atoms with Crippen molar-refractivity contribution in [2.45, 2.75) is 13.0 Å². The van der Waals surface area contributed by atoms with E-state index < -0.39 is 6.10 Å². The Labute approximate surface area is 108 Å². The van der Waals surface area contributed by atoms with Crippen molar-refractivity contribution in [2.75, 3.05) is 0 Å². The van der Waals surface area contributed by atoms with Gasteiger partial charge in [-0.25, -0.2) is 0 Å². The van der Waals surface area contributed by atoms with Gasteiger partial charge in [-0.3, -0.25) is 0 Å².